The number of aliphatic hydroxyl groups is 1. The molecule has 6 nitrogen and oxygen atoms in total. The quantitative estimate of drug-likeness (QED) is 0.864. The number of nitriles is 1. The van der Waals surface area contributed by atoms with Crippen molar-refractivity contribution in [2.75, 3.05) is 0 Å². The molecule has 0 saturated carbocycles. The van der Waals surface area contributed by atoms with Gasteiger partial charge in [0.25, 0.3) is 5.56 Å². The maximum absolute atomic E-state index is 12.3. The van der Waals surface area contributed by atoms with E-state index in [0.717, 1.165) is 0 Å². The van der Waals surface area contributed by atoms with E-state index in [4.69, 9.17) is 10.00 Å². The third-order valence-electron chi connectivity index (χ3n) is 4.58. The van der Waals surface area contributed by atoms with Crippen LogP contribution >= 0.6 is 0 Å². The van der Waals surface area contributed by atoms with E-state index in [-0.39, 0.29) is 5.56 Å². The summed E-state index contributed by atoms with van der Waals surface area (Å²) in [4.78, 5) is 16.1. The minimum absolute atomic E-state index is 0.330. The molecule has 1 aromatic heterocycles. The number of ether oxygens (including phenoxy) is 1. The minimum atomic E-state index is -1.38. The van der Waals surface area contributed by atoms with Crippen molar-refractivity contribution in [1.82, 2.24) is 9.55 Å². The molecule has 0 radical (unpaired) electrons. The lowest BCUT2D eigenvalue weighted by Crippen LogP contribution is -2.60. The second-order valence-electron chi connectivity index (χ2n) is 6.35. The lowest BCUT2D eigenvalue weighted by molar-refractivity contribution is -0.139. The van der Waals surface area contributed by atoms with Crippen LogP contribution in [0, 0.1) is 11.3 Å². The summed E-state index contributed by atoms with van der Waals surface area (Å²) >= 11 is 0. The van der Waals surface area contributed by atoms with Gasteiger partial charge in [0.15, 0.2) is 0 Å². The Bertz CT molecular complexity index is 862. The SMILES string of the molecule is CC1(C)Oc2ccc(C#N)cc2C(n2ccncc2=O)C1(C)O. The van der Waals surface area contributed by atoms with Crippen molar-refractivity contribution >= 4 is 0 Å². The zero-order valence-electron chi connectivity index (χ0n) is 13.1. The average molecular weight is 311 g/mol. The Morgan fingerprint density at radius 3 is 2.78 bits per heavy atom. The topological polar surface area (TPSA) is 88.1 Å². The molecule has 23 heavy (non-hydrogen) atoms. The monoisotopic (exact) mass is 311 g/mol. The molecule has 0 fully saturated rings. The van der Waals surface area contributed by atoms with Crippen molar-refractivity contribution in [1.29, 1.82) is 5.26 Å². The van der Waals surface area contributed by atoms with Gasteiger partial charge in [-0.3, -0.25) is 9.78 Å². The molecule has 1 aromatic carbocycles. The first kappa shape index (κ1) is 15.3. The Kier molecular flexibility index (Phi) is 3.27. The second kappa shape index (κ2) is 4.93. The van der Waals surface area contributed by atoms with Crippen LogP contribution < -0.4 is 10.3 Å². The largest absolute Gasteiger partial charge is 0.484 e. The first-order valence-electron chi connectivity index (χ1n) is 7.25. The van der Waals surface area contributed by atoms with Crippen LogP contribution in [0.15, 0.2) is 41.6 Å². The van der Waals surface area contributed by atoms with Crippen molar-refractivity contribution in [3.8, 4) is 11.8 Å². The summed E-state index contributed by atoms with van der Waals surface area (Å²) in [6, 6.07) is 6.39. The zero-order valence-corrected chi connectivity index (χ0v) is 13.1. The highest BCUT2D eigenvalue weighted by Crippen LogP contribution is 2.47. The fourth-order valence-corrected chi connectivity index (χ4v) is 2.93. The molecule has 0 saturated heterocycles. The molecule has 0 amide bonds. The van der Waals surface area contributed by atoms with Gasteiger partial charge in [0.2, 0.25) is 0 Å². The molecular formula is C17H17N3O3. The summed E-state index contributed by atoms with van der Waals surface area (Å²) in [7, 11) is 0. The normalized spacial score (nSPS) is 25.1. The van der Waals surface area contributed by atoms with E-state index >= 15 is 0 Å². The Morgan fingerprint density at radius 1 is 1.39 bits per heavy atom. The number of fused-ring (bicyclic) bond motifs is 1. The van der Waals surface area contributed by atoms with Crippen LogP contribution in [0.3, 0.4) is 0 Å². The predicted molar refractivity (Wildman–Crippen MR) is 83.1 cm³/mol. The summed E-state index contributed by atoms with van der Waals surface area (Å²) in [5.41, 5.74) is -1.60. The number of hydrogen-bond donors (Lipinski definition) is 1. The van der Waals surface area contributed by atoms with Crippen LogP contribution in [0.25, 0.3) is 0 Å². The summed E-state index contributed by atoms with van der Waals surface area (Å²) in [6.07, 6.45) is 4.23. The van der Waals surface area contributed by atoms with Crippen molar-refractivity contribution in [3.05, 3.63) is 58.3 Å². The summed E-state index contributed by atoms with van der Waals surface area (Å²) in [5.74, 6) is 0.550. The molecule has 1 aliphatic rings. The molecule has 3 rings (SSSR count). The van der Waals surface area contributed by atoms with Gasteiger partial charge in [0.05, 0.1) is 23.9 Å². The van der Waals surface area contributed by atoms with E-state index in [9.17, 15) is 9.90 Å². The minimum Gasteiger partial charge on any atom is -0.484 e. The van der Waals surface area contributed by atoms with Crippen LogP contribution in [-0.2, 0) is 0 Å². The highest BCUT2D eigenvalue weighted by Gasteiger charge is 2.53. The van der Waals surface area contributed by atoms with Crippen LogP contribution in [0.2, 0.25) is 0 Å². The first-order chi connectivity index (χ1) is 10.8. The number of nitrogens with zero attached hydrogens (tertiary/aromatic N) is 3. The number of aromatic nitrogens is 2. The van der Waals surface area contributed by atoms with E-state index in [1.807, 2.05) is 0 Å². The molecular weight excluding hydrogens is 294 g/mol. The molecule has 1 N–H and O–H groups in total. The van der Waals surface area contributed by atoms with Crippen molar-refractivity contribution in [2.24, 2.45) is 0 Å². The molecule has 2 heterocycles. The molecule has 2 atom stereocenters. The van der Waals surface area contributed by atoms with Crippen molar-refractivity contribution in [3.63, 3.8) is 0 Å². The molecule has 2 aromatic rings. The predicted octanol–water partition coefficient (Wildman–Crippen LogP) is 1.63. The lowest BCUT2D eigenvalue weighted by Gasteiger charge is -2.49. The Balaban J connectivity index is 2.33. The fourth-order valence-electron chi connectivity index (χ4n) is 2.93. The number of hydrogen-bond acceptors (Lipinski definition) is 5. The average Bonchev–Trinajstić information content (AvgIpc) is 2.49. The van der Waals surface area contributed by atoms with Gasteiger partial charge < -0.3 is 14.4 Å². The van der Waals surface area contributed by atoms with Gasteiger partial charge in [0, 0.05) is 18.0 Å². The van der Waals surface area contributed by atoms with Crippen LogP contribution in [0.5, 0.6) is 5.75 Å². The van der Waals surface area contributed by atoms with Gasteiger partial charge in [-0.05, 0) is 39.0 Å². The van der Waals surface area contributed by atoms with Gasteiger partial charge in [-0.2, -0.15) is 5.26 Å². The molecule has 0 spiro atoms. The lowest BCUT2D eigenvalue weighted by atomic mass is 9.75. The number of rotatable bonds is 1. The van der Waals surface area contributed by atoms with E-state index < -0.39 is 17.2 Å². The van der Waals surface area contributed by atoms with Crippen LogP contribution in [0.1, 0.15) is 37.9 Å². The molecule has 1 aliphatic heterocycles. The Hall–Kier alpha value is -2.65. The fraction of sp³-hybridized carbons (Fsp3) is 0.353. The van der Waals surface area contributed by atoms with Crippen molar-refractivity contribution < 1.29 is 9.84 Å². The summed E-state index contributed by atoms with van der Waals surface area (Å²) in [5, 5.41) is 20.3. The van der Waals surface area contributed by atoms with E-state index in [1.165, 1.54) is 23.2 Å². The standard InChI is InChI=1S/C17H17N3O3/c1-16(2)17(3,22)15(20-7-6-19-10-14(20)21)12-8-11(9-18)4-5-13(12)23-16/h4-8,10,15,22H,1-3H3. The number of benzene rings is 1. The van der Waals surface area contributed by atoms with E-state index in [0.29, 0.717) is 16.9 Å². The van der Waals surface area contributed by atoms with E-state index in [1.54, 1.807) is 39.0 Å². The van der Waals surface area contributed by atoms with E-state index in [2.05, 4.69) is 11.1 Å². The summed E-state index contributed by atoms with van der Waals surface area (Å²) in [6.45, 7) is 5.17. The maximum atomic E-state index is 12.3. The third-order valence-corrected chi connectivity index (χ3v) is 4.58. The summed E-state index contributed by atoms with van der Waals surface area (Å²) < 4.78 is 7.36. The third kappa shape index (κ3) is 2.21. The molecule has 118 valence electrons. The van der Waals surface area contributed by atoms with Crippen molar-refractivity contribution in [2.45, 2.75) is 38.0 Å². The molecule has 0 bridgehead atoms. The molecule has 0 aliphatic carbocycles. The second-order valence-corrected chi connectivity index (χ2v) is 6.35. The van der Waals surface area contributed by atoms with Gasteiger partial charge in [-0.15, -0.1) is 0 Å². The van der Waals surface area contributed by atoms with Crippen LogP contribution in [0.4, 0.5) is 0 Å². The zero-order chi connectivity index (χ0) is 16.8. The van der Waals surface area contributed by atoms with Gasteiger partial charge in [-0.25, -0.2) is 0 Å². The Labute approximate surface area is 133 Å². The first-order valence-corrected chi connectivity index (χ1v) is 7.25. The Morgan fingerprint density at radius 2 is 2.13 bits per heavy atom. The maximum Gasteiger partial charge on any atom is 0.269 e. The van der Waals surface area contributed by atoms with Gasteiger partial charge in [0.1, 0.15) is 17.0 Å². The highest BCUT2D eigenvalue weighted by atomic mass is 16.5. The molecule has 6 heteroatoms. The smallest absolute Gasteiger partial charge is 0.269 e. The van der Waals surface area contributed by atoms with Gasteiger partial charge in [-0.1, -0.05) is 0 Å². The van der Waals surface area contributed by atoms with Gasteiger partial charge >= 0.3 is 0 Å². The molecule has 2 unspecified atom stereocenters. The van der Waals surface area contributed by atoms with Crippen LogP contribution in [-0.4, -0.2) is 25.9 Å². The highest BCUT2D eigenvalue weighted by molar-refractivity contribution is 5.47.